The molecule has 0 aliphatic carbocycles. The molecule has 1 aliphatic heterocycles. The first-order chi connectivity index (χ1) is 7.34. The van der Waals surface area contributed by atoms with Crippen LogP contribution in [0.3, 0.4) is 0 Å². The van der Waals surface area contributed by atoms with Crippen LogP contribution in [0.25, 0.3) is 0 Å². The molecule has 0 aromatic heterocycles. The van der Waals surface area contributed by atoms with Gasteiger partial charge in [0.1, 0.15) is 6.61 Å². The van der Waals surface area contributed by atoms with Gasteiger partial charge in [0.15, 0.2) is 5.88 Å². The summed E-state index contributed by atoms with van der Waals surface area (Å²) in [6.07, 6.45) is 2.93. The van der Waals surface area contributed by atoms with Crippen LogP contribution in [0, 0.1) is 5.41 Å². The summed E-state index contributed by atoms with van der Waals surface area (Å²) >= 11 is 0. The lowest BCUT2D eigenvalue weighted by molar-refractivity contribution is -0.119. The lowest BCUT2D eigenvalue weighted by atomic mass is 9.82. The van der Waals surface area contributed by atoms with Gasteiger partial charge in [0, 0.05) is 13.0 Å². The number of hydrogen-bond acceptors (Lipinski definition) is 2. The van der Waals surface area contributed by atoms with Gasteiger partial charge in [-0.05, 0) is 23.0 Å². The predicted molar refractivity (Wildman–Crippen MR) is 64.6 cm³/mol. The second-order valence-electron chi connectivity index (χ2n) is 5.10. The van der Waals surface area contributed by atoms with E-state index in [1.54, 1.807) is 0 Å². The van der Waals surface area contributed by atoms with Crippen molar-refractivity contribution < 1.29 is 9.53 Å². The first-order valence-corrected chi connectivity index (χ1v) is 5.69. The number of ether oxygens (including phenoxy) is 1. The van der Waals surface area contributed by atoms with Crippen LogP contribution in [0.5, 0.6) is 0 Å². The summed E-state index contributed by atoms with van der Waals surface area (Å²) < 4.78 is 5.49. The van der Waals surface area contributed by atoms with Crippen LogP contribution >= 0.6 is 0 Å². The lowest BCUT2D eigenvalue weighted by Crippen LogP contribution is -2.26. The van der Waals surface area contributed by atoms with E-state index in [1.165, 1.54) is 18.1 Å². The highest BCUT2D eigenvalue weighted by Crippen LogP contribution is 2.33. The van der Waals surface area contributed by atoms with E-state index in [2.05, 4.69) is 33.0 Å². The van der Waals surface area contributed by atoms with Crippen molar-refractivity contribution in [2.45, 2.75) is 41.0 Å². The molecule has 3 nitrogen and oxygen atoms in total. The topological polar surface area (TPSA) is 38.3 Å². The Kier molecular flexibility index (Phi) is 3.79. The van der Waals surface area contributed by atoms with Crippen molar-refractivity contribution in [1.82, 2.24) is 5.32 Å². The molecule has 0 saturated carbocycles. The average molecular weight is 223 g/mol. The van der Waals surface area contributed by atoms with Gasteiger partial charge in [0.2, 0.25) is 5.91 Å². The van der Waals surface area contributed by atoms with E-state index in [1.807, 2.05) is 6.08 Å². The van der Waals surface area contributed by atoms with E-state index in [0.29, 0.717) is 12.5 Å². The highest BCUT2D eigenvalue weighted by atomic mass is 16.5. The van der Waals surface area contributed by atoms with Crippen molar-refractivity contribution in [3.8, 4) is 0 Å². The number of rotatable bonds is 2. The van der Waals surface area contributed by atoms with Crippen molar-refractivity contribution in [2.24, 2.45) is 5.41 Å². The summed E-state index contributed by atoms with van der Waals surface area (Å²) in [5.74, 6) is 0.467. The van der Waals surface area contributed by atoms with Gasteiger partial charge in [-0.25, -0.2) is 0 Å². The van der Waals surface area contributed by atoms with E-state index < -0.39 is 0 Å². The van der Waals surface area contributed by atoms with Crippen LogP contribution in [0.4, 0.5) is 0 Å². The normalized spacial score (nSPS) is 16.7. The summed E-state index contributed by atoms with van der Waals surface area (Å²) in [6.45, 7) is 10.7. The molecular formula is C13H21NO2. The Labute approximate surface area is 97.6 Å². The molecule has 90 valence electrons. The minimum atomic E-state index is -0.0977. The number of allylic oxidation sites excluding steroid dienone is 2. The quantitative estimate of drug-likeness (QED) is 0.781. The Morgan fingerprint density at radius 3 is 2.56 bits per heavy atom. The SMILES string of the molecule is CCC1=C(C(C)(C)C)C=C(NC(C)=O)OC1. The van der Waals surface area contributed by atoms with E-state index in [-0.39, 0.29) is 11.3 Å². The number of amides is 1. The molecule has 1 amide bonds. The maximum atomic E-state index is 11.0. The molecule has 0 radical (unpaired) electrons. The first-order valence-electron chi connectivity index (χ1n) is 5.69. The molecule has 16 heavy (non-hydrogen) atoms. The lowest BCUT2D eigenvalue weighted by Gasteiger charge is -2.29. The summed E-state index contributed by atoms with van der Waals surface area (Å²) in [5.41, 5.74) is 2.66. The second kappa shape index (κ2) is 4.73. The Hall–Kier alpha value is -1.25. The summed E-state index contributed by atoms with van der Waals surface area (Å²) in [6, 6.07) is 0. The number of carbonyl (C=O) groups is 1. The smallest absolute Gasteiger partial charge is 0.223 e. The summed E-state index contributed by atoms with van der Waals surface area (Å²) in [4.78, 5) is 11.0. The minimum Gasteiger partial charge on any atom is -0.474 e. The number of carbonyl (C=O) groups excluding carboxylic acids is 1. The van der Waals surface area contributed by atoms with E-state index in [0.717, 1.165) is 6.42 Å². The molecule has 1 N–H and O–H groups in total. The van der Waals surface area contributed by atoms with Crippen LogP contribution in [0.15, 0.2) is 23.1 Å². The molecular weight excluding hydrogens is 202 g/mol. The molecule has 0 fully saturated rings. The monoisotopic (exact) mass is 223 g/mol. The molecule has 0 bridgehead atoms. The average Bonchev–Trinajstić information content (AvgIpc) is 2.15. The van der Waals surface area contributed by atoms with Gasteiger partial charge >= 0.3 is 0 Å². The van der Waals surface area contributed by atoms with Crippen molar-refractivity contribution >= 4 is 5.91 Å². The standard InChI is InChI=1S/C13H21NO2/c1-6-10-8-16-12(14-9(2)15)7-11(10)13(3,4)5/h7H,6,8H2,1-5H3,(H,14,15). The van der Waals surface area contributed by atoms with Gasteiger partial charge in [0.25, 0.3) is 0 Å². The fourth-order valence-corrected chi connectivity index (χ4v) is 1.80. The third-order valence-electron chi connectivity index (χ3n) is 2.59. The van der Waals surface area contributed by atoms with Gasteiger partial charge in [0.05, 0.1) is 0 Å². The highest BCUT2D eigenvalue weighted by Gasteiger charge is 2.23. The second-order valence-corrected chi connectivity index (χ2v) is 5.10. The summed E-state index contributed by atoms with van der Waals surface area (Å²) in [7, 11) is 0. The summed E-state index contributed by atoms with van der Waals surface area (Å²) in [5, 5.41) is 2.69. The minimum absolute atomic E-state index is 0.0822. The van der Waals surface area contributed by atoms with Gasteiger partial charge in [-0.15, -0.1) is 0 Å². The van der Waals surface area contributed by atoms with E-state index >= 15 is 0 Å². The van der Waals surface area contributed by atoms with Crippen LogP contribution in [0.1, 0.15) is 41.0 Å². The van der Waals surface area contributed by atoms with Crippen LogP contribution in [-0.2, 0) is 9.53 Å². The fourth-order valence-electron chi connectivity index (χ4n) is 1.80. The number of hydrogen-bond donors (Lipinski definition) is 1. The molecule has 3 heteroatoms. The van der Waals surface area contributed by atoms with E-state index in [9.17, 15) is 4.79 Å². The third-order valence-corrected chi connectivity index (χ3v) is 2.59. The van der Waals surface area contributed by atoms with Crippen LogP contribution in [-0.4, -0.2) is 12.5 Å². The zero-order valence-electron chi connectivity index (χ0n) is 10.8. The third kappa shape index (κ3) is 3.12. The first kappa shape index (κ1) is 12.8. The Balaban J connectivity index is 3.01. The zero-order chi connectivity index (χ0) is 12.3. The van der Waals surface area contributed by atoms with E-state index in [4.69, 9.17) is 4.74 Å². The molecule has 0 spiro atoms. The van der Waals surface area contributed by atoms with Crippen molar-refractivity contribution in [3.63, 3.8) is 0 Å². The van der Waals surface area contributed by atoms with Crippen LogP contribution < -0.4 is 5.32 Å². The van der Waals surface area contributed by atoms with Gasteiger partial charge in [-0.3, -0.25) is 10.1 Å². The molecule has 0 saturated heterocycles. The number of nitrogens with one attached hydrogen (secondary N) is 1. The molecule has 1 rings (SSSR count). The molecule has 0 atom stereocenters. The Bertz CT molecular complexity index is 345. The zero-order valence-corrected chi connectivity index (χ0v) is 10.8. The molecule has 0 unspecified atom stereocenters. The van der Waals surface area contributed by atoms with Gasteiger partial charge < -0.3 is 4.74 Å². The van der Waals surface area contributed by atoms with Crippen molar-refractivity contribution in [3.05, 3.63) is 23.1 Å². The van der Waals surface area contributed by atoms with Crippen molar-refractivity contribution in [1.29, 1.82) is 0 Å². The molecule has 1 aliphatic rings. The van der Waals surface area contributed by atoms with Gasteiger partial charge in [-0.2, -0.15) is 0 Å². The maximum Gasteiger partial charge on any atom is 0.223 e. The fraction of sp³-hybridized carbons (Fsp3) is 0.615. The van der Waals surface area contributed by atoms with Gasteiger partial charge in [-0.1, -0.05) is 27.7 Å². The predicted octanol–water partition coefficient (Wildman–Crippen LogP) is 2.75. The highest BCUT2D eigenvalue weighted by molar-refractivity contribution is 5.74. The Morgan fingerprint density at radius 1 is 1.50 bits per heavy atom. The molecule has 1 heterocycles. The largest absolute Gasteiger partial charge is 0.474 e. The molecule has 0 aromatic carbocycles. The van der Waals surface area contributed by atoms with Crippen LogP contribution in [0.2, 0.25) is 0 Å². The molecule has 0 aromatic rings. The maximum absolute atomic E-state index is 11.0. The van der Waals surface area contributed by atoms with Crippen molar-refractivity contribution in [2.75, 3.05) is 6.61 Å². The Morgan fingerprint density at radius 2 is 2.12 bits per heavy atom.